The molecule has 1 aromatic heterocycles. The van der Waals surface area contributed by atoms with Crippen LogP contribution in [0, 0.1) is 5.92 Å². The number of hydrogen-bond donors (Lipinski definition) is 2. The van der Waals surface area contributed by atoms with Crippen LogP contribution in [0.15, 0.2) is 0 Å². The van der Waals surface area contributed by atoms with Gasteiger partial charge in [-0.15, -0.1) is 11.3 Å². The zero-order valence-electron chi connectivity index (χ0n) is 11.9. The van der Waals surface area contributed by atoms with Crippen LogP contribution in [0.1, 0.15) is 23.9 Å². The number of nitrogens with zero attached hydrogens (tertiary/aromatic N) is 1. The Kier molecular flexibility index (Phi) is 4.33. The van der Waals surface area contributed by atoms with Crippen LogP contribution < -0.4 is 10.2 Å². The van der Waals surface area contributed by atoms with Gasteiger partial charge in [-0.2, -0.15) is 0 Å². The first-order valence-corrected chi connectivity index (χ1v) is 8.22. The van der Waals surface area contributed by atoms with Gasteiger partial charge in [0.2, 0.25) is 0 Å². The van der Waals surface area contributed by atoms with Gasteiger partial charge in [0.15, 0.2) is 11.7 Å². The number of quaternary nitrogens is 1. The van der Waals surface area contributed by atoms with Gasteiger partial charge in [-0.3, -0.25) is 10.1 Å². The maximum absolute atomic E-state index is 12.1. The van der Waals surface area contributed by atoms with Crippen LogP contribution in [0.3, 0.4) is 0 Å². The molecule has 2 N–H and O–H groups in total. The second kappa shape index (κ2) is 6.20. The number of amides is 1. The van der Waals surface area contributed by atoms with Crippen molar-refractivity contribution >= 4 is 22.4 Å². The average molecular weight is 296 g/mol. The average Bonchev–Trinajstić information content (AvgIpc) is 2.80. The molecule has 0 unspecified atom stereocenters. The third kappa shape index (κ3) is 3.37. The van der Waals surface area contributed by atoms with Gasteiger partial charge in [0.05, 0.1) is 18.9 Å². The van der Waals surface area contributed by atoms with Gasteiger partial charge in [-0.05, 0) is 25.2 Å². The van der Waals surface area contributed by atoms with E-state index in [4.69, 9.17) is 4.74 Å². The number of fused-ring (bicyclic) bond motifs is 1. The lowest BCUT2D eigenvalue weighted by molar-refractivity contribution is -0.899. The minimum atomic E-state index is 0.0704. The highest BCUT2D eigenvalue weighted by Crippen LogP contribution is 2.31. The van der Waals surface area contributed by atoms with Crippen LogP contribution >= 0.6 is 11.3 Å². The third-order valence-electron chi connectivity index (χ3n) is 4.04. The fraction of sp³-hybridized carbons (Fsp3) is 0.714. The van der Waals surface area contributed by atoms with Crippen molar-refractivity contribution in [2.24, 2.45) is 5.92 Å². The van der Waals surface area contributed by atoms with E-state index in [0.29, 0.717) is 6.54 Å². The molecule has 3 rings (SSSR count). The van der Waals surface area contributed by atoms with Crippen LogP contribution in [0.2, 0.25) is 0 Å². The first-order chi connectivity index (χ1) is 9.70. The molecule has 5 nitrogen and oxygen atoms in total. The minimum Gasteiger partial charge on any atom is -0.370 e. The molecule has 6 heteroatoms. The van der Waals surface area contributed by atoms with Gasteiger partial charge < -0.3 is 9.64 Å². The monoisotopic (exact) mass is 296 g/mol. The summed E-state index contributed by atoms with van der Waals surface area (Å²) in [4.78, 5) is 19.3. The molecular formula is C14H22N3O2S+. The molecule has 20 heavy (non-hydrogen) atoms. The van der Waals surface area contributed by atoms with E-state index in [0.717, 1.165) is 50.2 Å². The number of carbonyl (C=O) groups excluding carboxylic acids is 1. The molecule has 0 aromatic carbocycles. The van der Waals surface area contributed by atoms with Crippen molar-refractivity contribution in [3.05, 3.63) is 10.6 Å². The number of ether oxygens (including phenoxy) is 1. The van der Waals surface area contributed by atoms with Gasteiger partial charge in [-0.1, -0.05) is 6.92 Å². The van der Waals surface area contributed by atoms with Crippen LogP contribution in [0.5, 0.6) is 0 Å². The summed E-state index contributed by atoms with van der Waals surface area (Å²) in [6.45, 7) is 6.14. The molecule has 2 heterocycles. The van der Waals surface area contributed by atoms with Crippen molar-refractivity contribution in [3.63, 3.8) is 0 Å². The smallest absolute Gasteiger partial charge is 0.281 e. The quantitative estimate of drug-likeness (QED) is 0.833. The molecule has 1 aromatic rings. The van der Waals surface area contributed by atoms with E-state index in [9.17, 15) is 4.79 Å². The zero-order chi connectivity index (χ0) is 13.9. The lowest BCUT2D eigenvalue weighted by Gasteiger charge is -2.22. The van der Waals surface area contributed by atoms with Crippen molar-refractivity contribution in [1.29, 1.82) is 0 Å². The van der Waals surface area contributed by atoms with E-state index in [1.54, 1.807) is 11.3 Å². The lowest BCUT2D eigenvalue weighted by atomic mass is 9.93. The number of hydrogen-bond acceptors (Lipinski definition) is 4. The first kappa shape index (κ1) is 14.0. The van der Waals surface area contributed by atoms with E-state index in [2.05, 4.69) is 17.2 Å². The third-order valence-corrected chi connectivity index (χ3v) is 5.08. The van der Waals surface area contributed by atoms with E-state index < -0.39 is 0 Å². The summed E-state index contributed by atoms with van der Waals surface area (Å²) in [5, 5.41) is 3.75. The number of morpholine rings is 1. The Morgan fingerprint density at radius 2 is 2.30 bits per heavy atom. The van der Waals surface area contributed by atoms with Gasteiger partial charge >= 0.3 is 0 Å². The molecule has 2 aliphatic rings. The molecular weight excluding hydrogens is 274 g/mol. The van der Waals surface area contributed by atoms with Crippen molar-refractivity contribution < 1.29 is 14.4 Å². The number of aryl methyl sites for hydroxylation is 1. The zero-order valence-corrected chi connectivity index (χ0v) is 12.7. The topological polar surface area (TPSA) is 55.7 Å². The molecule has 0 bridgehead atoms. The van der Waals surface area contributed by atoms with Crippen molar-refractivity contribution in [2.45, 2.75) is 26.2 Å². The van der Waals surface area contributed by atoms with Crippen LogP contribution in [-0.4, -0.2) is 43.7 Å². The summed E-state index contributed by atoms with van der Waals surface area (Å²) in [6, 6.07) is 0. The molecule has 0 spiro atoms. The highest BCUT2D eigenvalue weighted by atomic mass is 32.1. The molecule has 110 valence electrons. The Bertz CT molecular complexity index is 483. The van der Waals surface area contributed by atoms with Gasteiger partial charge in [0.25, 0.3) is 5.91 Å². The van der Waals surface area contributed by atoms with Gasteiger partial charge in [0.1, 0.15) is 13.1 Å². The predicted molar refractivity (Wildman–Crippen MR) is 78.3 cm³/mol. The predicted octanol–water partition coefficient (Wildman–Crippen LogP) is 0.122. The van der Waals surface area contributed by atoms with E-state index in [1.807, 2.05) is 0 Å². The summed E-state index contributed by atoms with van der Waals surface area (Å²) in [5.74, 6) is 0.811. The molecule has 1 aliphatic heterocycles. The first-order valence-electron chi connectivity index (χ1n) is 7.40. The number of carbonyl (C=O) groups is 1. The van der Waals surface area contributed by atoms with Gasteiger partial charge in [0, 0.05) is 4.88 Å². The normalized spacial score (nSPS) is 23.4. The van der Waals surface area contributed by atoms with Crippen molar-refractivity contribution in [3.8, 4) is 0 Å². The number of anilines is 1. The summed E-state index contributed by atoms with van der Waals surface area (Å²) < 4.78 is 5.30. The SMILES string of the molecule is C[C@@H]1CCc2nc(NC(=O)C[NH+]3CCOCC3)sc2C1. The van der Waals surface area contributed by atoms with Crippen LogP contribution in [-0.2, 0) is 22.4 Å². The molecule has 0 radical (unpaired) electrons. The maximum atomic E-state index is 12.1. The molecule has 1 atom stereocenters. The Labute approximate surface area is 123 Å². The standard InChI is InChI=1S/C14H21N3O2S/c1-10-2-3-11-12(8-10)20-14(15-11)16-13(18)9-17-4-6-19-7-5-17/h10H,2-9H2,1H3,(H,15,16,18)/p+1/t10-/m1/s1. The van der Waals surface area contributed by atoms with E-state index >= 15 is 0 Å². The largest absolute Gasteiger partial charge is 0.370 e. The van der Waals surface area contributed by atoms with Crippen LogP contribution in [0.25, 0.3) is 0 Å². The van der Waals surface area contributed by atoms with E-state index in [1.165, 1.54) is 21.9 Å². The fourth-order valence-electron chi connectivity index (χ4n) is 2.82. The second-order valence-electron chi connectivity index (χ2n) is 5.82. The Hall–Kier alpha value is -0.980. The highest BCUT2D eigenvalue weighted by molar-refractivity contribution is 7.15. The molecule has 1 saturated heterocycles. The number of nitrogens with one attached hydrogen (secondary N) is 2. The molecule has 1 fully saturated rings. The Balaban J connectivity index is 1.56. The summed E-state index contributed by atoms with van der Waals surface area (Å²) in [6.07, 6.45) is 3.37. The molecule has 1 amide bonds. The van der Waals surface area contributed by atoms with E-state index in [-0.39, 0.29) is 5.91 Å². The van der Waals surface area contributed by atoms with Gasteiger partial charge in [-0.25, -0.2) is 4.98 Å². The second-order valence-corrected chi connectivity index (χ2v) is 6.91. The molecule has 0 saturated carbocycles. The summed E-state index contributed by atoms with van der Waals surface area (Å²) in [7, 11) is 0. The summed E-state index contributed by atoms with van der Waals surface area (Å²) in [5.41, 5.74) is 1.20. The Morgan fingerprint density at radius 3 is 3.10 bits per heavy atom. The Morgan fingerprint density at radius 1 is 1.50 bits per heavy atom. The maximum Gasteiger partial charge on any atom is 0.281 e. The number of thiazole rings is 1. The molecule has 1 aliphatic carbocycles. The van der Waals surface area contributed by atoms with Crippen LogP contribution in [0.4, 0.5) is 5.13 Å². The highest BCUT2D eigenvalue weighted by Gasteiger charge is 2.22. The number of aromatic nitrogens is 1. The summed E-state index contributed by atoms with van der Waals surface area (Å²) >= 11 is 1.65. The number of rotatable bonds is 3. The lowest BCUT2D eigenvalue weighted by Crippen LogP contribution is -3.15. The fourth-order valence-corrected chi connectivity index (χ4v) is 4.01. The van der Waals surface area contributed by atoms with Crippen molar-refractivity contribution in [1.82, 2.24) is 4.98 Å². The minimum absolute atomic E-state index is 0.0704. The van der Waals surface area contributed by atoms with Crippen molar-refractivity contribution in [2.75, 3.05) is 38.2 Å².